The minimum absolute atomic E-state index is 0.00948. The van der Waals surface area contributed by atoms with Gasteiger partial charge < -0.3 is 14.3 Å². The number of fused-ring (bicyclic) bond motifs is 2. The van der Waals surface area contributed by atoms with Crippen molar-refractivity contribution in [1.29, 1.82) is 0 Å². The Balaban J connectivity index is 1.47. The van der Waals surface area contributed by atoms with Crippen molar-refractivity contribution in [1.82, 2.24) is 14.9 Å². The molecule has 5 rings (SSSR count). The van der Waals surface area contributed by atoms with E-state index < -0.39 is 0 Å². The van der Waals surface area contributed by atoms with Gasteiger partial charge in [-0.05, 0) is 30.0 Å². The van der Waals surface area contributed by atoms with Gasteiger partial charge in [0.15, 0.2) is 5.58 Å². The lowest BCUT2D eigenvalue weighted by molar-refractivity contribution is 0.0741. The fraction of sp³-hybridized carbons (Fsp3) is 0.182. The Bertz CT molecular complexity index is 1110. The van der Waals surface area contributed by atoms with Gasteiger partial charge in [-0.2, -0.15) is 0 Å². The Morgan fingerprint density at radius 2 is 2.04 bits per heavy atom. The lowest BCUT2D eigenvalue weighted by Gasteiger charge is -2.20. The molecule has 0 saturated carbocycles. The average molecular weight is 357 g/mol. The summed E-state index contributed by atoms with van der Waals surface area (Å²) in [7, 11) is 0. The van der Waals surface area contributed by atoms with E-state index in [1.807, 2.05) is 23.1 Å². The van der Waals surface area contributed by atoms with E-state index in [2.05, 4.69) is 28.2 Å². The number of carbonyl (C=O) groups excluding carboxylic acids is 1. The number of H-pyrrole nitrogens is 1. The fourth-order valence-corrected chi connectivity index (χ4v) is 3.80. The first-order valence-electron chi connectivity index (χ1n) is 9.16. The Morgan fingerprint density at radius 3 is 2.89 bits per heavy atom. The van der Waals surface area contributed by atoms with Crippen molar-refractivity contribution in [2.24, 2.45) is 0 Å². The summed E-state index contributed by atoms with van der Waals surface area (Å²) < 4.78 is 5.67. The van der Waals surface area contributed by atoms with Crippen LogP contribution in [0.4, 0.5) is 0 Å². The minimum Gasteiger partial charge on any atom is -0.462 e. The number of aromatic nitrogens is 2. The summed E-state index contributed by atoms with van der Waals surface area (Å²) in [6, 6.07) is 14.0. The molecule has 1 N–H and O–H groups in total. The van der Waals surface area contributed by atoms with E-state index in [-0.39, 0.29) is 5.91 Å². The first kappa shape index (κ1) is 15.9. The van der Waals surface area contributed by atoms with Crippen molar-refractivity contribution in [2.75, 3.05) is 6.54 Å². The predicted molar refractivity (Wildman–Crippen MR) is 103 cm³/mol. The summed E-state index contributed by atoms with van der Waals surface area (Å²) in [5.41, 5.74) is 6.53. The van der Waals surface area contributed by atoms with E-state index in [1.54, 1.807) is 24.7 Å². The molecule has 4 heterocycles. The molecule has 0 radical (unpaired) electrons. The van der Waals surface area contributed by atoms with Crippen LogP contribution in [0, 0.1) is 0 Å². The Kier molecular flexibility index (Phi) is 3.78. The summed E-state index contributed by atoms with van der Waals surface area (Å²) in [6.45, 7) is 1.40. The SMILES string of the molecule is O=C(c1cc2occ(-c3cccnc3)c2[nH]1)N1CCCc2ccccc2C1. The maximum Gasteiger partial charge on any atom is 0.270 e. The monoisotopic (exact) mass is 357 g/mol. The van der Waals surface area contributed by atoms with Crippen LogP contribution in [-0.2, 0) is 13.0 Å². The number of nitrogens with one attached hydrogen (secondary N) is 1. The number of furan rings is 1. The van der Waals surface area contributed by atoms with Crippen molar-refractivity contribution in [3.05, 3.63) is 77.9 Å². The van der Waals surface area contributed by atoms with Gasteiger partial charge in [-0.15, -0.1) is 0 Å². The molecule has 1 aromatic carbocycles. The summed E-state index contributed by atoms with van der Waals surface area (Å²) in [6.07, 6.45) is 7.22. The van der Waals surface area contributed by atoms with Crippen LogP contribution in [-0.4, -0.2) is 27.3 Å². The first-order chi connectivity index (χ1) is 13.3. The molecule has 1 amide bonds. The van der Waals surface area contributed by atoms with Gasteiger partial charge in [-0.3, -0.25) is 9.78 Å². The van der Waals surface area contributed by atoms with E-state index in [1.165, 1.54) is 11.1 Å². The van der Waals surface area contributed by atoms with Gasteiger partial charge in [-0.1, -0.05) is 30.3 Å². The van der Waals surface area contributed by atoms with Crippen LogP contribution in [0.1, 0.15) is 28.0 Å². The van der Waals surface area contributed by atoms with Crippen LogP contribution in [0.5, 0.6) is 0 Å². The van der Waals surface area contributed by atoms with Crippen LogP contribution < -0.4 is 0 Å². The highest BCUT2D eigenvalue weighted by Crippen LogP contribution is 2.31. The van der Waals surface area contributed by atoms with Crippen LogP contribution >= 0.6 is 0 Å². The van der Waals surface area contributed by atoms with Crippen molar-refractivity contribution in [2.45, 2.75) is 19.4 Å². The van der Waals surface area contributed by atoms with E-state index >= 15 is 0 Å². The third-order valence-electron chi connectivity index (χ3n) is 5.20. The highest BCUT2D eigenvalue weighted by Gasteiger charge is 2.23. The molecule has 0 spiro atoms. The lowest BCUT2D eigenvalue weighted by Crippen LogP contribution is -2.30. The molecule has 0 atom stereocenters. The van der Waals surface area contributed by atoms with Crippen molar-refractivity contribution in [3.63, 3.8) is 0 Å². The number of benzene rings is 1. The molecule has 3 aromatic heterocycles. The fourth-order valence-electron chi connectivity index (χ4n) is 3.80. The zero-order valence-corrected chi connectivity index (χ0v) is 14.8. The topological polar surface area (TPSA) is 62.1 Å². The molecule has 4 aromatic rings. The average Bonchev–Trinajstić information content (AvgIpc) is 3.22. The zero-order valence-electron chi connectivity index (χ0n) is 14.8. The van der Waals surface area contributed by atoms with Gasteiger partial charge >= 0.3 is 0 Å². The number of amides is 1. The number of aryl methyl sites for hydroxylation is 1. The van der Waals surface area contributed by atoms with Crippen LogP contribution in [0.3, 0.4) is 0 Å². The second-order valence-electron chi connectivity index (χ2n) is 6.91. The number of pyridine rings is 1. The smallest absolute Gasteiger partial charge is 0.270 e. The largest absolute Gasteiger partial charge is 0.462 e. The third kappa shape index (κ3) is 2.81. The molecule has 1 aliphatic heterocycles. The first-order valence-corrected chi connectivity index (χ1v) is 9.16. The summed E-state index contributed by atoms with van der Waals surface area (Å²) in [5, 5.41) is 0. The number of hydrogen-bond acceptors (Lipinski definition) is 3. The van der Waals surface area contributed by atoms with Gasteiger partial charge in [0.05, 0.1) is 5.52 Å². The molecule has 5 nitrogen and oxygen atoms in total. The minimum atomic E-state index is 0.00948. The van der Waals surface area contributed by atoms with E-state index in [0.717, 1.165) is 36.0 Å². The molecule has 0 unspecified atom stereocenters. The molecule has 1 aliphatic rings. The number of nitrogens with zero attached hydrogens (tertiary/aromatic N) is 2. The highest BCUT2D eigenvalue weighted by molar-refractivity contribution is 6.00. The Labute approximate surface area is 156 Å². The molecule has 0 saturated heterocycles. The number of aromatic amines is 1. The van der Waals surface area contributed by atoms with E-state index in [9.17, 15) is 4.79 Å². The Hall–Kier alpha value is -3.34. The zero-order chi connectivity index (χ0) is 18.2. The maximum absolute atomic E-state index is 13.1. The van der Waals surface area contributed by atoms with Crippen molar-refractivity contribution in [3.8, 4) is 11.1 Å². The maximum atomic E-state index is 13.1. The predicted octanol–water partition coefficient (Wildman–Crippen LogP) is 4.41. The number of rotatable bonds is 2. The molecule has 0 aliphatic carbocycles. The van der Waals surface area contributed by atoms with Crippen LogP contribution in [0.2, 0.25) is 0 Å². The van der Waals surface area contributed by atoms with Gasteiger partial charge in [0.25, 0.3) is 5.91 Å². The van der Waals surface area contributed by atoms with Gasteiger partial charge in [-0.25, -0.2) is 0 Å². The van der Waals surface area contributed by atoms with Gasteiger partial charge in [0.1, 0.15) is 12.0 Å². The second-order valence-corrected chi connectivity index (χ2v) is 6.91. The molecular formula is C22H19N3O2. The van der Waals surface area contributed by atoms with E-state index in [0.29, 0.717) is 17.8 Å². The van der Waals surface area contributed by atoms with Crippen LogP contribution in [0.25, 0.3) is 22.2 Å². The highest BCUT2D eigenvalue weighted by atomic mass is 16.3. The summed E-state index contributed by atoms with van der Waals surface area (Å²) in [5.74, 6) is 0.00948. The van der Waals surface area contributed by atoms with Crippen molar-refractivity contribution >= 4 is 17.0 Å². The normalized spacial score (nSPS) is 14.1. The molecule has 0 fully saturated rings. The lowest BCUT2D eigenvalue weighted by atomic mass is 10.0. The number of hydrogen-bond donors (Lipinski definition) is 1. The second kappa shape index (κ2) is 6.43. The van der Waals surface area contributed by atoms with Gasteiger partial charge in [0, 0.05) is 42.7 Å². The summed E-state index contributed by atoms with van der Waals surface area (Å²) >= 11 is 0. The summed E-state index contributed by atoms with van der Waals surface area (Å²) in [4.78, 5) is 22.5. The third-order valence-corrected chi connectivity index (χ3v) is 5.20. The Morgan fingerprint density at radius 1 is 1.15 bits per heavy atom. The van der Waals surface area contributed by atoms with Crippen molar-refractivity contribution < 1.29 is 9.21 Å². The molecule has 5 heteroatoms. The van der Waals surface area contributed by atoms with Crippen LogP contribution in [0.15, 0.2) is 65.5 Å². The molecular weight excluding hydrogens is 338 g/mol. The molecule has 134 valence electrons. The molecule has 27 heavy (non-hydrogen) atoms. The van der Waals surface area contributed by atoms with E-state index in [4.69, 9.17) is 4.42 Å². The standard InChI is InChI=1S/C22H19N3O2/c26-22(25-10-4-8-15-5-1-2-6-17(15)13-25)19-11-20-21(24-19)18(14-27-20)16-7-3-9-23-12-16/h1-3,5-7,9,11-12,14,24H,4,8,10,13H2. The quantitative estimate of drug-likeness (QED) is 0.578. The van der Waals surface area contributed by atoms with Gasteiger partial charge in [0.2, 0.25) is 0 Å². The molecule has 0 bridgehead atoms. The number of carbonyl (C=O) groups is 1.